The monoisotopic (exact) mass is 438 g/mol. The van der Waals surface area contributed by atoms with Gasteiger partial charge in [-0.1, -0.05) is 36.4 Å². The molecule has 5 rings (SSSR count). The van der Waals surface area contributed by atoms with E-state index < -0.39 is 5.97 Å². The van der Waals surface area contributed by atoms with E-state index >= 15 is 0 Å². The molecule has 0 bridgehead atoms. The molecule has 2 aromatic heterocycles. The SMILES string of the molecule is Cc1cccnc1C(=C(c1ccc(C=CC(=O)O)cc1)c1ccc2scnc2c1)C1CC1. The number of nitrogens with zero attached hydrogens (tertiary/aromatic N) is 2. The van der Waals surface area contributed by atoms with Crippen molar-refractivity contribution in [2.75, 3.05) is 0 Å². The highest BCUT2D eigenvalue weighted by Gasteiger charge is 2.32. The minimum atomic E-state index is -0.951. The Morgan fingerprint density at radius 2 is 1.84 bits per heavy atom. The summed E-state index contributed by atoms with van der Waals surface area (Å²) in [5, 5.41) is 8.92. The summed E-state index contributed by atoms with van der Waals surface area (Å²) in [4.78, 5) is 20.2. The third-order valence-corrected chi connectivity index (χ3v) is 6.57. The van der Waals surface area contributed by atoms with Crippen molar-refractivity contribution in [2.24, 2.45) is 5.92 Å². The fraction of sp³-hybridized carbons (Fsp3) is 0.148. The Kier molecular flexibility index (Phi) is 5.41. The molecule has 5 heteroatoms. The molecular formula is C27H22N2O2S. The number of rotatable bonds is 6. The van der Waals surface area contributed by atoms with E-state index in [1.165, 1.54) is 21.4 Å². The molecule has 0 aliphatic heterocycles. The molecule has 2 heterocycles. The smallest absolute Gasteiger partial charge is 0.328 e. The standard InChI is InChI=1S/C27H22N2O2S/c1-17-3-2-14-28-27(17)26(20-9-10-20)25(21-11-12-23-22(15-21)29-16-32-23)19-7-4-18(5-8-19)6-13-24(30)31/h2-8,11-16,20H,9-10H2,1H3,(H,30,31). The highest BCUT2D eigenvalue weighted by Crippen LogP contribution is 2.48. The highest BCUT2D eigenvalue weighted by atomic mass is 32.1. The van der Waals surface area contributed by atoms with Crippen LogP contribution in [0.2, 0.25) is 0 Å². The summed E-state index contributed by atoms with van der Waals surface area (Å²) in [6.45, 7) is 2.12. The number of hydrogen-bond donors (Lipinski definition) is 1. The minimum absolute atomic E-state index is 0.483. The van der Waals surface area contributed by atoms with Gasteiger partial charge in [-0.25, -0.2) is 9.78 Å². The molecule has 4 nitrogen and oxygen atoms in total. The van der Waals surface area contributed by atoms with E-state index in [0.717, 1.165) is 46.8 Å². The van der Waals surface area contributed by atoms with Gasteiger partial charge >= 0.3 is 5.97 Å². The fourth-order valence-electron chi connectivity index (χ4n) is 4.07. The van der Waals surface area contributed by atoms with Gasteiger partial charge < -0.3 is 5.11 Å². The molecule has 0 atom stereocenters. The third kappa shape index (κ3) is 4.12. The highest BCUT2D eigenvalue weighted by molar-refractivity contribution is 7.16. The molecular weight excluding hydrogens is 416 g/mol. The Bertz CT molecular complexity index is 1360. The Balaban J connectivity index is 1.73. The fourth-order valence-corrected chi connectivity index (χ4v) is 4.73. The van der Waals surface area contributed by atoms with E-state index in [0.29, 0.717) is 5.92 Å². The van der Waals surface area contributed by atoms with Gasteiger partial charge in [0.25, 0.3) is 0 Å². The number of benzene rings is 2. The Morgan fingerprint density at radius 3 is 2.56 bits per heavy atom. The van der Waals surface area contributed by atoms with Crippen molar-refractivity contribution in [3.63, 3.8) is 0 Å². The van der Waals surface area contributed by atoms with Gasteiger partial charge in [0.2, 0.25) is 0 Å². The average molecular weight is 439 g/mol. The number of aromatic nitrogens is 2. The first-order valence-electron chi connectivity index (χ1n) is 10.6. The summed E-state index contributed by atoms with van der Waals surface area (Å²) in [5.41, 5.74) is 10.6. The Hall–Kier alpha value is -3.57. The summed E-state index contributed by atoms with van der Waals surface area (Å²) in [6, 6.07) is 18.7. The zero-order valence-electron chi connectivity index (χ0n) is 17.7. The van der Waals surface area contributed by atoms with Crippen LogP contribution in [-0.4, -0.2) is 21.0 Å². The molecule has 0 radical (unpaired) electrons. The maximum atomic E-state index is 10.9. The van der Waals surface area contributed by atoms with E-state index in [9.17, 15) is 4.79 Å². The van der Waals surface area contributed by atoms with Crippen molar-refractivity contribution >= 4 is 44.7 Å². The molecule has 32 heavy (non-hydrogen) atoms. The zero-order valence-corrected chi connectivity index (χ0v) is 18.5. The number of hydrogen-bond acceptors (Lipinski definition) is 4. The summed E-state index contributed by atoms with van der Waals surface area (Å²) < 4.78 is 1.17. The lowest BCUT2D eigenvalue weighted by Crippen LogP contribution is -2.01. The molecule has 1 fully saturated rings. The van der Waals surface area contributed by atoms with Crippen molar-refractivity contribution in [1.82, 2.24) is 9.97 Å². The van der Waals surface area contributed by atoms with Crippen LogP contribution in [0.3, 0.4) is 0 Å². The molecule has 1 aliphatic carbocycles. The Labute approximate surface area is 190 Å². The maximum Gasteiger partial charge on any atom is 0.328 e. The summed E-state index contributed by atoms with van der Waals surface area (Å²) in [5.74, 6) is -0.468. The average Bonchev–Trinajstić information content (AvgIpc) is 3.53. The predicted molar refractivity (Wildman–Crippen MR) is 130 cm³/mol. The number of aliphatic carboxylic acids is 1. The maximum absolute atomic E-state index is 10.9. The largest absolute Gasteiger partial charge is 0.478 e. The van der Waals surface area contributed by atoms with Crippen LogP contribution in [0, 0.1) is 12.8 Å². The number of carboxylic acid groups (broad SMARTS) is 1. The number of pyridine rings is 1. The van der Waals surface area contributed by atoms with Gasteiger partial charge in [0.15, 0.2) is 0 Å². The molecule has 0 unspecified atom stereocenters. The van der Waals surface area contributed by atoms with E-state index in [2.05, 4.69) is 48.3 Å². The van der Waals surface area contributed by atoms with Crippen LogP contribution >= 0.6 is 11.3 Å². The lowest BCUT2D eigenvalue weighted by atomic mass is 9.87. The number of thiazole rings is 1. The molecule has 4 aromatic rings. The third-order valence-electron chi connectivity index (χ3n) is 5.76. The van der Waals surface area contributed by atoms with Gasteiger partial charge in [-0.15, -0.1) is 11.3 Å². The first-order chi connectivity index (χ1) is 15.6. The minimum Gasteiger partial charge on any atom is -0.478 e. The second-order valence-electron chi connectivity index (χ2n) is 8.06. The van der Waals surface area contributed by atoms with Crippen LogP contribution in [0.1, 0.15) is 40.8 Å². The normalized spacial score (nSPS) is 14.7. The zero-order chi connectivity index (χ0) is 22.1. The first-order valence-corrected chi connectivity index (χ1v) is 11.5. The molecule has 158 valence electrons. The van der Waals surface area contributed by atoms with E-state index in [4.69, 9.17) is 10.1 Å². The quantitative estimate of drug-likeness (QED) is 0.351. The first kappa shape index (κ1) is 20.3. The Morgan fingerprint density at radius 1 is 1.06 bits per heavy atom. The van der Waals surface area contributed by atoms with Crippen LogP contribution in [0.25, 0.3) is 27.4 Å². The summed E-state index contributed by atoms with van der Waals surface area (Å²) in [7, 11) is 0. The number of carboxylic acids is 1. The number of carbonyl (C=O) groups is 1. The van der Waals surface area contributed by atoms with Crippen molar-refractivity contribution in [3.8, 4) is 0 Å². The lowest BCUT2D eigenvalue weighted by molar-refractivity contribution is -0.131. The van der Waals surface area contributed by atoms with Gasteiger partial charge in [0.1, 0.15) is 0 Å². The molecule has 1 N–H and O–H groups in total. The topological polar surface area (TPSA) is 63.1 Å². The van der Waals surface area contributed by atoms with Crippen molar-refractivity contribution in [1.29, 1.82) is 0 Å². The van der Waals surface area contributed by atoms with Crippen LogP contribution in [-0.2, 0) is 4.79 Å². The summed E-state index contributed by atoms with van der Waals surface area (Å²) in [6.07, 6.45) is 6.96. The number of allylic oxidation sites excluding steroid dienone is 1. The van der Waals surface area contributed by atoms with E-state index in [-0.39, 0.29) is 0 Å². The van der Waals surface area contributed by atoms with Crippen molar-refractivity contribution in [2.45, 2.75) is 19.8 Å². The van der Waals surface area contributed by atoms with Crippen LogP contribution in [0.4, 0.5) is 0 Å². The molecule has 0 saturated heterocycles. The molecule has 1 aliphatic rings. The van der Waals surface area contributed by atoms with Crippen LogP contribution in [0.5, 0.6) is 0 Å². The van der Waals surface area contributed by atoms with Crippen molar-refractivity contribution < 1.29 is 9.90 Å². The van der Waals surface area contributed by atoms with E-state index in [1.807, 2.05) is 29.9 Å². The second-order valence-corrected chi connectivity index (χ2v) is 8.95. The van der Waals surface area contributed by atoms with Crippen LogP contribution < -0.4 is 0 Å². The van der Waals surface area contributed by atoms with Gasteiger partial charge in [-0.3, -0.25) is 4.98 Å². The van der Waals surface area contributed by atoms with Gasteiger partial charge in [0, 0.05) is 12.3 Å². The van der Waals surface area contributed by atoms with Crippen LogP contribution in [0.15, 0.2) is 72.4 Å². The second kappa shape index (κ2) is 8.52. The number of fused-ring (bicyclic) bond motifs is 1. The van der Waals surface area contributed by atoms with Gasteiger partial charge in [-0.05, 0) is 83.4 Å². The molecule has 0 amide bonds. The molecule has 2 aromatic carbocycles. The molecule has 0 spiro atoms. The van der Waals surface area contributed by atoms with Gasteiger partial charge in [-0.2, -0.15) is 0 Å². The summed E-state index contributed by atoms with van der Waals surface area (Å²) >= 11 is 1.64. The molecule has 1 saturated carbocycles. The number of aryl methyl sites for hydroxylation is 1. The van der Waals surface area contributed by atoms with E-state index in [1.54, 1.807) is 17.4 Å². The lowest BCUT2D eigenvalue weighted by Gasteiger charge is -2.18. The van der Waals surface area contributed by atoms with Gasteiger partial charge in [0.05, 0.1) is 21.4 Å². The van der Waals surface area contributed by atoms with Crippen molar-refractivity contribution in [3.05, 3.63) is 100 Å². The predicted octanol–water partition coefficient (Wildman–Crippen LogP) is 6.47.